The van der Waals surface area contributed by atoms with Crippen LogP contribution in [0.4, 0.5) is 0 Å². The summed E-state index contributed by atoms with van der Waals surface area (Å²) in [6.45, 7) is 2.07. The molecule has 0 spiro atoms. The number of ether oxygens (including phenoxy) is 1. The van der Waals surface area contributed by atoms with E-state index in [1.807, 2.05) is 30.3 Å². The van der Waals surface area contributed by atoms with Crippen molar-refractivity contribution in [2.45, 2.75) is 13.0 Å². The first kappa shape index (κ1) is 12.0. The van der Waals surface area contributed by atoms with Crippen molar-refractivity contribution in [2.75, 3.05) is 12.9 Å². The van der Waals surface area contributed by atoms with Crippen molar-refractivity contribution in [3.8, 4) is 5.75 Å². The molecule has 84 valence electrons. The van der Waals surface area contributed by atoms with Gasteiger partial charge >= 0.3 is 0 Å². The van der Waals surface area contributed by atoms with Gasteiger partial charge in [-0.15, -0.1) is 0 Å². The normalized spacial score (nSPS) is 13.5. The van der Waals surface area contributed by atoms with Crippen molar-refractivity contribution >= 4 is 10.0 Å². The van der Waals surface area contributed by atoms with Crippen LogP contribution in [0.1, 0.15) is 6.92 Å². The van der Waals surface area contributed by atoms with E-state index in [9.17, 15) is 8.42 Å². The zero-order valence-corrected chi connectivity index (χ0v) is 9.62. The van der Waals surface area contributed by atoms with Crippen LogP contribution in [0, 0.1) is 0 Å². The summed E-state index contributed by atoms with van der Waals surface area (Å²) in [4.78, 5) is 0. The first-order chi connectivity index (χ1) is 6.97. The molecule has 0 aliphatic rings. The Morgan fingerprint density at radius 2 is 1.93 bits per heavy atom. The van der Waals surface area contributed by atoms with Crippen molar-refractivity contribution in [3.63, 3.8) is 0 Å². The van der Waals surface area contributed by atoms with E-state index in [-0.39, 0.29) is 6.04 Å². The second-order valence-electron chi connectivity index (χ2n) is 3.42. The maximum Gasteiger partial charge on any atom is 0.209 e. The van der Waals surface area contributed by atoms with E-state index in [1.54, 1.807) is 6.92 Å². The van der Waals surface area contributed by atoms with Crippen LogP contribution in [0.15, 0.2) is 30.3 Å². The first-order valence-electron chi connectivity index (χ1n) is 4.62. The SMILES string of the molecule is C[C@H](COc1ccccc1)NS(C)(=O)=O. The quantitative estimate of drug-likeness (QED) is 0.819. The molecular formula is C10H15NO3S. The number of nitrogens with one attached hydrogen (secondary N) is 1. The Morgan fingerprint density at radius 1 is 1.33 bits per heavy atom. The van der Waals surface area contributed by atoms with Crippen LogP contribution in [0.5, 0.6) is 5.75 Å². The largest absolute Gasteiger partial charge is 0.492 e. The Kier molecular flexibility index (Phi) is 4.11. The van der Waals surface area contributed by atoms with Gasteiger partial charge in [0.1, 0.15) is 12.4 Å². The van der Waals surface area contributed by atoms with Crippen LogP contribution in [0.25, 0.3) is 0 Å². The minimum atomic E-state index is -3.16. The highest BCUT2D eigenvalue weighted by molar-refractivity contribution is 7.88. The van der Waals surface area contributed by atoms with Crippen molar-refractivity contribution in [1.29, 1.82) is 0 Å². The molecule has 1 N–H and O–H groups in total. The third-order valence-corrected chi connectivity index (χ3v) is 2.49. The third-order valence-electron chi connectivity index (χ3n) is 1.66. The third kappa shape index (κ3) is 5.39. The molecule has 0 radical (unpaired) electrons. The van der Waals surface area contributed by atoms with Gasteiger partial charge in [-0.25, -0.2) is 13.1 Å². The molecule has 1 aromatic carbocycles. The van der Waals surface area contributed by atoms with Gasteiger partial charge in [0.05, 0.1) is 12.3 Å². The van der Waals surface area contributed by atoms with Crippen molar-refractivity contribution in [3.05, 3.63) is 30.3 Å². The highest BCUT2D eigenvalue weighted by atomic mass is 32.2. The van der Waals surface area contributed by atoms with Gasteiger partial charge in [0.25, 0.3) is 0 Å². The topological polar surface area (TPSA) is 55.4 Å². The number of sulfonamides is 1. The highest BCUT2D eigenvalue weighted by Gasteiger charge is 2.08. The Morgan fingerprint density at radius 3 is 2.47 bits per heavy atom. The zero-order valence-electron chi connectivity index (χ0n) is 8.80. The highest BCUT2D eigenvalue weighted by Crippen LogP contribution is 2.08. The summed E-state index contributed by atoms with van der Waals surface area (Å²) in [6.07, 6.45) is 1.13. The molecule has 0 saturated heterocycles. The number of para-hydroxylation sites is 1. The minimum Gasteiger partial charge on any atom is -0.492 e. The van der Waals surface area contributed by atoms with Crippen LogP contribution in [0.3, 0.4) is 0 Å². The zero-order chi connectivity index (χ0) is 11.3. The molecule has 15 heavy (non-hydrogen) atoms. The van der Waals surface area contributed by atoms with E-state index >= 15 is 0 Å². The second-order valence-corrected chi connectivity index (χ2v) is 5.20. The summed E-state index contributed by atoms with van der Waals surface area (Å²) in [6, 6.07) is 9.04. The summed E-state index contributed by atoms with van der Waals surface area (Å²) in [5.41, 5.74) is 0. The minimum absolute atomic E-state index is 0.236. The molecule has 1 atom stereocenters. The lowest BCUT2D eigenvalue weighted by Gasteiger charge is -2.13. The molecule has 0 heterocycles. The van der Waals surface area contributed by atoms with E-state index in [2.05, 4.69) is 4.72 Å². The van der Waals surface area contributed by atoms with Gasteiger partial charge < -0.3 is 4.74 Å². The van der Waals surface area contributed by atoms with Crippen LogP contribution in [-0.2, 0) is 10.0 Å². The lowest BCUT2D eigenvalue weighted by atomic mass is 10.3. The summed E-state index contributed by atoms with van der Waals surface area (Å²) in [7, 11) is -3.16. The Labute approximate surface area is 90.3 Å². The number of hydrogen-bond donors (Lipinski definition) is 1. The molecule has 0 bridgehead atoms. The lowest BCUT2D eigenvalue weighted by Crippen LogP contribution is -2.35. The lowest BCUT2D eigenvalue weighted by molar-refractivity contribution is 0.287. The summed E-state index contributed by atoms with van der Waals surface area (Å²) >= 11 is 0. The van der Waals surface area contributed by atoms with Crippen molar-refractivity contribution in [2.24, 2.45) is 0 Å². The number of benzene rings is 1. The smallest absolute Gasteiger partial charge is 0.209 e. The van der Waals surface area contributed by atoms with E-state index in [4.69, 9.17) is 4.74 Å². The second kappa shape index (κ2) is 5.14. The fourth-order valence-electron chi connectivity index (χ4n) is 1.14. The number of hydrogen-bond acceptors (Lipinski definition) is 3. The van der Waals surface area contributed by atoms with Gasteiger partial charge in [-0.05, 0) is 19.1 Å². The first-order valence-corrected chi connectivity index (χ1v) is 6.51. The molecule has 4 nitrogen and oxygen atoms in total. The monoisotopic (exact) mass is 229 g/mol. The van der Waals surface area contributed by atoms with Gasteiger partial charge in [-0.3, -0.25) is 0 Å². The van der Waals surface area contributed by atoms with Gasteiger partial charge in [0, 0.05) is 0 Å². The molecular weight excluding hydrogens is 214 g/mol. The molecule has 0 aliphatic heterocycles. The molecule has 0 unspecified atom stereocenters. The summed E-state index contributed by atoms with van der Waals surface area (Å²) in [5.74, 6) is 0.736. The fourth-order valence-corrected chi connectivity index (χ4v) is 1.94. The van der Waals surface area contributed by atoms with Crippen LogP contribution in [0.2, 0.25) is 0 Å². The Hall–Kier alpha value is -1.07. The van der Waals surface area contributed by atoms with Gasteiger partial charge in [-0.2, -0.15) is 0 Å². The van der Waals surface area contributed by atoms with Crippen molar-refractivity contribution in [1.82, 2.24) is 4.72 Å². The van der Waals surface area contributed by atoms with E-state index in [0.717, 1.165) is 12.0 Å². The molecule has 0 saturated carbocycles. The maximum atomic E-state index is 10.9. The fraction of sp³-hybridized carbons (Fsp3) is 0.400. The van der Waals surface area contributed by atoms with Crippen LogP contribution < -0.4 is 9.46 Å². The molecule has 1 rings (SSSR count). The predicted octanol–water partition coefficient (Wildman–Crippen LogP) is 1.00. The van der Waals surface area contributed by atoms with E-state index in [1.165, 1.54) is 0 Å². The molecule has 0 amide bonds. The van der Waals surface area contributed by atoms with Crippen molar-refractivity contribution < 1.29 is 13.2 Å². The van der Waals surface area contributed by atoms with Gasteiger partial charge in [0.15, 0.2) is 0 Å². The van der Waals surface area contributed by atoms with E-state index in [0.29, 0.717) is 6.61 Å². The molecule has 0 aromatic heterocycles. The maximum absolute atomic E-state index is 10.9. The average Bonchev–Trinajstić information content (AvgIpc) is 2.14. The number of rotatable bonds is 5. The standard InChI is InChI=1S/C10H15NO3S/c1-9(11-15(2,12)13)8-14-10-6-4-3-5-7-10/h3-7,9,11H,8H2,1-2H3/t9-/m1/s1. The Balaban J connectivity index is 2.38. The molecule has 5 heteroatoms. The Bertz CT molecular complexity index is 388. The summed E-state index contributed by atoms with van der Waals surface area (Å²) in [5, 5.41) is 0. The molecule has 0 fully saturated rings. The van der Waals surface area contributed by atoms with Gasteiger partial charge in [-0.1, -0.05) is 18.2 Å². The van der Waals surface area contributed by atoms with Crippen LogP contribution in [-0.4, -0.2) is 27.3 Å². The summed E-state index contributed by atoms with van der Waals surface area (Å²) < 4.78 is 29.6. The predicted molar refractivity (Wildman–Crippen MR) is 59.4 cm³/mol. The molecule has 1 aromatic rings. The molecule has 0 aliphatic carbocycles. The average molecular weight is 229 g/mol. The van der Waals surface area contributed by atoms with E-state index < -0.39 is 10.0 Å². The van der Waals surface area contributed by atoms with Crippen LogP contribution >= 0.6 is 0 Å². The van der Waals surface area contributed by atoms with Gasteiger partial charge in [0.2, 0.25) is 10.0 Å².